The highest BCUT2D eigenvalue weighted by molar-refractivity contribution is 5.23. The standard InChI is InChI=1S/C21H31F3/c1-2-3-4-5-6-7-8-9-16-10-12-17(13-11-16)18-14-19(22)21(24)20(23)15-18/h14-17H,2-13H2,1H3/t16-,17-. The van der Waals surface area contributed by atoms with Gasteiger partial charge in [-0.1, -0.05) is 58.3 Å². The Hall–Kier alpha value is -0.990. The Bertz CT molecular complexity index is 467. The minimum Gasteiger partial charge on any atom is -0.204 e. The van der Waals surface area contributed by atoms with Gasteiger partial charge in [0, 0.05) is 0 Å². The molecule has 1 saturated carbocycles. The second-order valence-corrected chi connectivity index (χ2v) is 7.43. The summed E-state index contributed by atoms with van der Waals surface area (Å²) < 4.78 is 39.8. The van der Waals surface area contributed by atoms with Crippen LogP contribution in [0.1, 0.15) is 95.5 Å². The molecule has 0 unspecified atom stereocenters. The fourth-order valence-electron chi connectivity index (χ4n) is 3.99. The van der Waals surface area contributed by atoms with E-state index < -0.39 is 17.5 Å². The predicted molar refractivity (Wildman–Crippen MR) is 93.6 cm³/mol. The first-order chi connectivity index (χ1) is 11.6. The third kappa shape index (κ3) is 5.82. The van der Waals surface area contributed by atoms with Gasteiger partial charge in [-0.2, -0.15) is 0 Å². The van der Waals surface area contributed by atoms with Gasteiger partial charge in [0.15, 0.2) is 17.5 Å². The van der Waals surface area contributed by atoms with E-state index in [1.54, 1.807) is 0 Å². The van der Waals surface area contributed by atoms with Crippen molar-refractivity contribution >= 4 is 0 Å². The molecule has 24 heavy (non-hydrogen) atoms. The first-order valence-corrected chi connectivity index (χ1v) is 9.76. The van der Waals surface area contributed by atoms with Crippen molar-refractivity contribution in [2.45, 2.75) is 89.9 Å². The van der Waals surface area contributed by atoms with Crippen LogP contribution in [0.2, 0.25) is 0 Å². The van der Waals surface area contributed by atoms with Gasteiger partial charge in [0.25, 0.3) is 0 Å². The summed E-state index contributed by atoms with van der Waals surface area (Å²) in [7, 11) is 0. The van der Waals surface area contributed by atoms with E-state index in [1.165, 1.54) is 63.5 Å². The molecule has 0 aromatic heterocycles. The third-order valence-corrected chi connectivity index (χ3v) is 5.54. The first kappa shape index (κ1) is 19.3. The zero-order valence-electron chi connectivity index (χ0n) is 14.9. The Morgan fingerprint density at radius 3 is 1.92 bits per heavy atom. The van der Waals surface area contributed by atoms with Gasteiger partial charge >= 0.3 is 0 Å². The van der Waals surface area contributed by atoms with Crippen molar-refractivity contribution in [3.05, 3.63) is 35.1 Å². The van der Waals surface area contributed by atoms with Crippen molar-refractivity contribution < 1.29 is 13.2 Å². The van der Waals surface area contributed by atoms with Crippen LogP contribution in [0.25, 0.3) is 0 Å². The van der Waals surface area contributed by atoms with Crippen molar-refractivity contribution in [2.75, 3.05) is 0 Å². The summed E-state index contributed by atoms with van der Waals surface area (Å²) in [5.41, 5.74) is 0.626. The molecule has 0 atom stereocenters. The van der Waals surface area contributed by atoms with Crippen LogP contribution in [0.5, 0.6) is 0 Å². The van der Waals surface area contributed by atoms with E-state index in [9.17, 15) is 13.2 Å². The maximum absolute atomic E-state index is 13.4. The molecule has 1 aliphatic carbocycles. The van der Waals surface area contributed by atoms with Gasteiger partial charge in [-0.05, 0) is 55.2 Å². The van der Waals surface area contributed by atoms with E-state index in [0.29, 0.717) is 5.56 Å². The molecule has 1 aromatic rings. The minimum absolute atomic E-state index is 0.180. The SMILES string of the molecule is CCCCCCCCC[C@H]1CC[C@H](c2cc(F)c(F)c(F)c2)CC1. The molecule has 0 nitrogen and oxygen atoms in total. The summed E-state index contributed by atoms with van der Waals surface area (Å²) in [5, 5.41) is 0. The molecule has 0 saturated heterocycles. The molecule has 2 rings (SSSR count). The molecular weight excluding hydrogens is 309 g/mol. The van der Waals surface area contributed by atoms with Crippen LogP contribution < -0.4 is 0 Å². The lowest BCUT2D eigenvalue weighted by molar-refractivity contribution is 0.300. The van der Waals surface area contributed by atoms with Crippen LogP contribution >= 0.6 is 0 Å². The molecule has 0 amide bonds. The zero-order chi connectivity index (χ0) is 17.4. The highest BCUT2D eigenvalue weighted by Gasteiger charge is 2.24. The molecule has 0 heterocycles. The number of unbranched alkanes of at least 4 members (excludes halogenated alkanes) is 6. The molecule has 3 heteroatoms. The summed E-state index contributed by atoms with van der Waals surface area (Å²) in [6.45, 7) is 2.24. The Labute approximate surface area is 144 Å². The van der Waals surface area contributed by atoms with Crippen molar-refractivity contribution in [1.29, 1.82) is 0 Å². The van der Waals surface area contributed by atoms with Crippen LogP contribution in [0, 0.1) is 23.4 Å². The Morgan fingerprint density at radius 1 is 0.792 bits per heavy atom. The third-order valence-electron chi connectivity index (χ3n) is 5.54. The summed E-state index contributed by atoms with van der Waals surface area (Å²) in [6.07, 6.45) is 14.8. The monoisotopic (exact) mass is 340 g/mol. The van der Waals surface area contributed by atoms with Gasteiger partial charge in [0.1, 0.15) is 0 Å². The average Bonchev–Trinajstić information content (AvgIpc) is 2.59. The smallest absolute Gasteiger partial charge is 0.194 e. The maximum Gasteiger partial charge on any atom is 0.194 e. The largest absolute Gasteiger partial charge is 0.204 e. The molecular formula is C21H31F3. The van der Waals surface area contributed by atoms with E-state index in [2.05, 4.69) is 6.92 Å². The lowest BCUT2D eigenvalue weighted by atomic mass is 9.77. The number of rotatable bonds is 9. The van der Waals surface area contributed by atoms with E-state index >= 15 is 0 Å². The Morgan fingerprint density at radius 2 is 1.33 bits per heavy atom. The minimum atomic E-state index is -1.36. The van der Waals surface area contributed by atoms with Crippen LogP contribution in [0.15, 0.2) is 12.1 Å². The highest BCUT2D eigenvalue weighted by atomic mass is 19.2. The second kappa shape index (κ2) is 10.1. The highest BCUT2D eigenvalue weighted by Crippen LogP contribution is 2.38. The van der Waals surface area contributed by atoms with E-state index in [4.69, 9.17) is 0 Å². The van der Waals surface area contributed by atoms with Gasteiger partial charge < -0.3 is 0 Å². The molecule has 0 aliphatic heterocycles. The van der Waals surface area contributed by atoms with Gasteiger partial charge in [-0.3, -0.25) is 0 Å². The second-order valence-electron chi connectivity index (χ2n) is 7.43. The number of hydrogen-bond acceptors (Lipinski definition) is 0. The number of hydrogen-bond donors (Lipinski definition) is 0. The molecule has 1 aromatic carbocycles. The predicted octanol–water partition coefficient (Wildman–Crippen LogP) is 7.52. The first-order valence-electron chi connectivity index (χ1n) is 9.76. The average molecular weight is 340 g/mol. The fourth-order valence-corrected chi connectivity index (χ4v) is 3.99. The maximum atomic E-state index is 13.4. The van der Waals surface area contributed by atoms with Gasteiger partial charge in [0.2, 0.25) is 0 Å². The van der Waals surface area contributed by atoms with Crippen molar-refractivity contribution in [1.82, 2.24) is 0 Å². The van der Waals surface area contributed by atoms with Crippen molar-refractivity contribution in [2.24, 2.45) is 5.92 Å². The van der Waals surface area contributed by atoms with Crippen molar-refractivity contribution in [3.63, 3.8) is 0 Å². The molecule has 0 N–H and O–H groups in total. The molecule has 136 valence electrons. The molecule has 0 spiro atoms. The number of halogens is 3. The normalized spacial score (nSPS) is 21.2. The van der Waals surface area contributed by atoms with Crippen LogP contribution in [-0.2, 0) is 0 Å². The number of benzene rings is 1. The Kier molecular flexibility index (Phi) is 8.14. The van der Waals surface area contributed by atoms with E-state index in [0.717, 1.165) is 31.6 Å². The summed E-state index contributed by atoms with van der Waals surface area (Å²) >= 11 is 0. The van der Waals surface area contributed by atoms with Crippen LogP contribution in [-0.4, -0.2) is 0 Å². The van der Waals surface area contributed by atoms with Gasteiger partial charge in [-0.25, -0.2) is 13.2 Å². The lowest BCUT2D eigenvalue weighted by Gasteiger charge is -2.29. The quantitative estimate of drug-likeness (QED) is 0.322. The van der Waals surface area contributed by atoms with E-state index in [-0.39, 0.29) is 5.92 Å². The fraction of sp³-hybridized carbons (Fsp3) is 0.714. The molecule has 1 aliphatic rings. The summed E-state index contributed by atoms with van der Waals surface area (Å²) in [4.78, 5) is 0. The van der Waals surface area contributed by atoms with Gasteiger partial charge in [-0.15, -0.1) is 0 Å². The zero-order valence-corrected chi connectivity index (χ0v) is 14.9. The molecule has 0 radical (unpaired) electrons. The van der Waals surface area contributed by atoms with Crippen LogP contribution in [0.4, 0.5) is 13.2 Å². The summed E-state index contributed by atoms with van der Waals surface area (Å²) in [5.74, 6) is -2.54. The van der Waals surface area contributed by atoms with Crippen molar-refractivity contribution in [3.8, 4) is 0 Å². The Balaban J connectivity index is 1.66. The van der Waals surface area contributed by atoms with Gasteiger partial charge in [0.05, 0.1) is 0 Å². The summed E-state index contributed by atoms with van der Waals surface area (Å²) in [6, 6.07) is 2.36. The molecule has 1 fully saturated rings. The topological polar surface area (TPSA) is 0 Å². The van der Waals surface area contributed by atoms with Crippen LogP contribution in [0.3, 0.4) is 0 Å². The molecule has 0 bridgehead atoms. The lowest BCUT2D eigenvalue weighted by Crippen LogP contribution is -2.14. The van der Waals surface area contributed by atoms with E-state index in [1.807, 2.05) is 0 Å².